The molecule has 2 rings (SSSR count). The van der Waals surface area contributed by atoms with E-state index in [0.717, 1.165) is 6.61 Å². The third-order valence-electron chi connectivity index (χ3n) is 3.27. The van der Waals surface area contributed by atoms with Crippen LogP contribution in [0, 0.1) is 5.92 Å². The van der Waals surface area contributed by atoms with Crippen LogP contribution in [0.3, 0.4) is 0 Å². The number of hydrogen-bond acceptors (Lipinski definition) is 4. The summed E-state index contributed by atoms with van der Waals surface area (Å²) in [6.45, 7) is 0.636. The van der Waals surface area contributed by atoms with Crippen LogP contribution in [0.25, 0.3) is 0 Å². The SMILES string of the molecule is OCc1cncc(OCC2CCCCCC2)n1. The molecule has 0 bridgehead atoms. The summed E-state index contributed by atoms with van der Waals surface area (Å²) >= 11 is 0. The highest BCUT2D eigenvalue weighted by molar-refractivity contribution is 5.07. The Morgan fingerprint density at radius 1 is 1.18 bits per heavy atom. The Hall–Kier alpha value is -1.16. The van der Waals surface area contributed by atoms with Crippen molar-refractivity contribution < 1.29 is 9.84 Å². The molecule has 17 heavy (non-hydrogen) atoms. The first-order valence-electron chi connectivity index (χ1n) is 6.43. The number of aromatic nitrogens is 2. The van der Waals surface area contributed by atoms with Crippen molar-refractivity contribution in [3.05, 3.63) is 18.1 Å². The zero-order chi connectivity index (χ0) is 11.9. The molecule has 0 aromatic carbocycles. The predicted octanol–water partition coefficient (Wildman–Crippen LogP) is 2.32. The molecular formula is C13H20N2O2. The summed E-state index contributed by atoms with van der Waals surface area (Å²) in [5.41, 5.74) is 0.559. The van der Waals surface area contributed by atoms with Gasteiger partial charge in [-0.3, -0.25) is 4.98 Å². The molecule has 1 fully saturated rings. The van der Waals surface area contributed by atoms with Gasteiger partial charge >= 0.3 is 0 Å². The number of rotatable bonds is 4. The van der Waals surface area contributed by atoms with Crippen LogP contribution in [-0.4, -0.2) is 21.7 Å². The minimum absolute atomic E-state index is 0.0897. The first-order chi connectivity index (χ1) is 8.38. The molecule has 1 aliphatic carbocycles. The first kappa shape index (κ1) is 12.3. The smallest absolute Gasteiger partial charge is 0.232 e. The normalized spacial score (nSPS) is 17.7. The molecular weight excluding hydrogens is 216 g/mol. The summed E-state index contributed by atoms with van der Waals surface area (Å²) in [5.74, 6) is 1.18. The van der Waals surface area contributed by atoms with Crippen molar-refractivity contribution in [2.24, 2.45) is 5.92 Å². The summed E-state index contributed by atoms with van der Waals surface area (Å²) < 4.78 is 5.66. The second-order valence-electron chi connectivity index (χ2n) is 4.68. The van der Waals surface area contributed by atoms with Gasteiger partial charge in [0.2, 0.25) is 5.88 Å². The molecule has 1 aliphatic rings. The van der Waals surface area contributed by atoms with E-state index in [-0.39, 0.29) is 6.61 Å². The van der Waals surface area contributed by atoms with E-state index in [4.69, 9.17) is 9.84 Å². The molecule has 0 spiro atoms. The monoisotopic (exact) mass is 236 g/mol. The van der Waals surface area contributed by atoms with Gasteiger partial charge in [-0.05, 0) is 18.8 Å². The molecule has 1 saturated carbocycles. The summed E-state index contributed by atoms with van der Waals surface area (Å²) in [6, 6.07) is 0. The highest BCUT2D eigenvalue weighted by Crippen LogP contribution is 2.23. The van der Waals surface area contributed by atoms with Crippen molar-refractivity contribution in [2.45, 2.75) is 45.1 Å². The molecule has 0 atom stereocenters. The average Bonchev–Trinajstić information content (AvgIpc) is 2.65. The van der Waals surface area contributed by atoms with Gasteiger partial charge in [-0.25, -0.2) is 4.98 Å². The fourth-order valence-electron chi connectivity index (χ4n) is 2.27. The van der Waals surface area contributed by atoms with Gasteiger partial charge in [-0.1, -0.05) is 25.7 Å². The lowest BCUT2D eigenvalue weighted by atomic mass is 10.0. The maximum absolute atomic E-state index is 8.96. The Balaban J connectivity index is 1.83. The summed E-state index contributed by atoms with van der Waals surface area (Å²) in [6.07, 6.45) is 11.0. The van der Waals surface area contributed by atoms with Crippen LogP contribution in [0.4, 0.5) is 0 Å². The molecule has 0 saturated heterocycles. The maximum Gasteiger partial charge on any atom is 0.232 e. The maximum atomic E-state index is 8.96. The quantitative estimate of drug-likeness (QED) is 0.815. The van der Waals surface area contributed by atoms with Crippen LogP contribution in [-0.2, 0) is 6.61 Å². The molecule has 1 aromatic heterocycles. The first-order valence-corrected chi connectivity index (χ1v) is 6.43. The number of aliphatic hydroxyl groups is 1. The van der Waals surface area contributed by atoms with Crippen LogP contribution in [0.1, 0.15) is 44.2 Å². The van der Waals surface area contributed by atoms with E-state index in [9.17, 15) is 0 Å². The molecule has 0 aliphatic heterocycles. The third kappa shape index (κ3) is 3.97. The lowest BCUT2D eigenvalue weighted by Crippen LogP contribution is -2.12. The van der Waals surface area contributed by atoms with Crippen LogP contribution in [0.2, 0.25) is 0 Å². The minimum Gasteiger partial charge on any atom is -0.476 e. The van der Waals surface area contributed by atoms with Gasteiger partial charge in [0.1, 0.15) is 0 Å². The minimum atomic E-state index is -0.0897. The van der Waals surface area contributed by atoms with E-state index >= 15 is 0 Å². The van der Waals surface area contributed by atoms with Crippen LogP contribution in [0.15, 0.2) is 12.4 Å². The highest BCUT2D eigenvalue weighted by atomic mass is 16.5. The van der Waals surface area contributed by atoms with Crippen molar-refractivity contribution >= 4 is 0 Å². The fraction of sp³-hybridized carbons (Fsp3) is 0.692. The molecule has 4 heteroatoms. The zero-order valence-corrected chi connectivity index (χ0v) is 10.1. The van der Waals surface area contributed by atoms with E-state index in [1.54, 1.807) is 12.4 Å². The lowest BCUT2D eigenvalue weighted by molar-refractivity contribution is 0.221. The van der Waals surface area contributed by atoms with Gasteiger partial charge in [0.15, 0.2) is 0 Å². The van der Waals surface area contributed by atoms with Crippen LogP contribution in [0.5, 0.6) is 5.88 Å². The summed E-state index contributed by atoms with van der Waals surface area (Å²) in [7, 11) is 0. The molecule has 0 unspecified atom stereocenters. The number of hydrogen-bond donors (Lipinski definition) is 1. The van der Waals surface area contributed by atoms with Gasteiger partial charge in [-0.2, -0.15) is 0 Å². The highest BCUT2D eigenvalue weighted by Gasteiger charge is 2.13. The third-order valence-corrected chi connectivity index (χ3v) is 3.27. The largest absolute Gasteiger partial charge is 0.476 e. The summed E-state index contributed by atoms with van der Waals surface area (Å²) in [4.78, 5) is 8.15. The second kappa shape index (κ2) is 6.55. The zero-order valence-electron chi connectivity index (χ0n) is 10.1. The van der Waals surface area contributed by atoms with E-state index in [0.29, 0.717) is 17.5 Å². The molecule has 0 amide bonds. The second-order valence-corrected chi connectivity index (χ2v) is 4.68. The number of aliphatic hydroxyl groups excluding tert-OH is 1. The number of ether oxygens (including phenoxy) is 1. The van der Waals surface area contributed by atoms with Gasteiger partial charge in [-0.15, -0.1) is 0 Å². The van der Waals surface area contributed by atoms with Crippen molar-refractivity contribution in [1.29, 1.82) is 0 Å². The topological polar surface area (TPSA) is 55.2 Å². The predicted molar refractivity (Wildman–Crippen MR) is 64.6 cm³/mol. The Labute approximate surface area is 102 Å². The van der Waals surface area contributed by atoms with Crippen molar-refractivity contribution in [2.75, 3.05) is 6.61 Å². The van der Waals surface area contributed by atoms with E-state index in [1.807, 2.05) is 0 Å². The lowest BCUT2D eigenvalue weighted by Gasteiger charge is -2.14. The molecule has 4 nitrogen and oxygen atoms in total. The molecule has 1 N–H and O–H groups in total. The van der Waals surface area contributed by atoms with E-state index in [2.05, 4.69) is 9.97 Å². The van der Waals surface area contributed by atoms with Crippen LogP contribution < -0.4 is 4.74 Å². The molecule has 1 heterocycles. The van der Waals surface area contributed by atoms with Crippen molar-refractivity contribution in [3.63, 3.8) is 0 Å². The van der Waals surface area contributed by atoms with Gasteiger partial charge in [0, 0.05) is 0 Å². The summed E-state index contributed by atoms with van der Waals surface area (Å²) in [5, 5.41) is 8.96. The van der Waals surface area contributed by atoms with Crippen LogP contribution >= 0.6 is 0 Å². The molecule has 0 radical (unpaired) electrons. The van der Waals surface area contributed by atoms with Crippen molar-refractivity contribution in [1.82, 2.24) is 9.97 Å². The van der Waals surface area contributed by atoms with Crippen molar-refractivity contribution in [3.8, 4) is 5.88 Å². The fourth-order valence-corrected chi connectivity index (χ4v) is 2.27. The number of nitrogens with zero attached hydrogens (tertiary/aromatic N) is 2. The average molecular weight is 236 g/mol. The van der Waals surface area contributed by atoms with Gasteiger partial charge < -0.3 is 9.84 Å². The molecule has 1 aromatic rings. The van der Waals surface area contributed by atoms with E-state index in [1.165, 1.54) is 38.5 Å². The Morgan fingerprint density at radius 2 is 1.94 bits per heavy atom. The Kier molecular flexibility index (Phi) is 4.74. The Morgan fingerprint density at radius 3 is 2.65 bits per heavy atom. The Bertz CT molecular complexity index is 336. The standard InChI is InChI=1S/C13H20N2O2/c16-9-12-7-14-8-13(15-12)17-10-11-5-3-1-2-4-6-11/h7-8,11,16H,1-6,9-10H2. The van der Waals surface area contributed by atoms with Gasteiger partial charge in [0.25, 0.3) is 0 Å². The molecule has 94 valence electrons. The van der Waals surface area contributed by atoms with Gasteiger partial charge in [0.05, 0.1) is 31.3 Å². The van der Waals surface area contributed by atoms with E-state index < -0.39 is 0 Å².